The number of aryl methyl sites for hydroxylation is 1. The molecule has 2 N–H and O–H groups in total. The third-order valence-corrected chi connectivity index (χ3v) is 3.35. The predicted octanol–water partition coefficient (Wildman–Crippen LogP) is 1.48. The molecule has 0 bridgehead atoms. The fraction of sp³-hybridized carbons (Fsp3) is 0.583. The number of aromatic nitrogens is 1. The van der Waals surface area contributed by atoms with Crippen molar-refractivity contribution in [3.05, 3.63) is 29.6 Å². The maximum absolute atomic E-state index is 6.18. The lowest BCUT2D eigenvalue weighted by atomic mass is 9.98. The van der Waals surface area contributed by atoms with Crippen molar-refractivity contribution in [3.63, 3.8) is 0 Å². The van der Waals surface area contributed by atoms with Crippen LogP contribution in [0.3, 0.4) is 0 Å². The van der Waals surface area contributed by atoms with Crippen molar-refractivity contribution < 1.29 is 0 Å². The molecular formula is C12H19N3. The average Bonchev–Trinajstić information content (AvgIpc) is 2.60. The highest BCUT2D eigenvalue weighted by atomic mass is 15.2. The summed E-state index contributed by atoms with van der Waals surface area (Å²) in [5.41, 5.74) is 8.77. The molecule has 0 amide bonds. The van der Waals surface area contributed by atoms with E-state index in [-0.39, 0.29) is 6.04 Å². The van der Waals surface area contributed by atoms with E-state index in [0.29, 0.717) is 6.04 Å². The van der Waals surface area contributed by atoms with Crippen LogP contribution >= 0.6 is 0 Å². The molecule has 3 nitrogen and oxygen atoms in total. The van der Waals surface area contributed by atoms with Crippen molar-refractivity contribution in [3.8, 4) is 0 Å². The van der Waals surface area contributed by atoms with Crippen LogP contribution < -0.4 is 5.73 Å². The van der Waals surface area contributed by atoms with Gasteiger partial charge in [-0.3, -0.25) is 9.88 Å². The largest absolute Gasteiger partial charge is 0.326 e. The molecule has 2 unspecified atom stereocenters. The third kappa shape index (κ3) is 1.90. The van der Waals surface area contributed by atoms with Gasteiger partial charge in [-0.15, -0.1) is 0 Å². The summed E-state index contributed by atoms with van der Waals surface area (Å²) in [6.45, 7) is 6.50. The van der Waals surface area contributed by atoms with Gasteiger partial charge in [-0.25, -0.2) is 0 Å². The summed E-state index contributed by atoms with van der Waals surface area (Å²) in [7, 11) is 0. The van der Waals surface area contributed by atoms with Crippen LogP contribution in [0.4, 0.5) is 0 Å². The van der Waals surface area contributed by atoms with Crippen molar-refractivity contribution in [1.29, 1.82) is 0 Å². The molecule has 3 heteroatoms. The van der Waals surface area contributed by atoms with Crippen LogP contribution in [-0.4, -0.2) is 29.0 Å². The minimum atomic E-state index is 0.257. The molecule has 1 aromatic heterocycles. The molecule has 0 aliphatic carbocycles. The van der Waals surface area contributed by atoms with Gasteiger partial charge in [0.1, 0.15) is 0 Å². The smallest absolute Gasteiger partial charge is 0.0517 e. The van der Waals surface area contributed by atoms with Crippen molar-refractivity contribution in [1.82, 2.24) is 9.88 Å². The number of likely N-dealkylation sites (tertiary alicyclic amines) is 1. The minimum Gasteiger partial charge on any atom is -0.326 e. The van der Waals surface area contributed by atoms with E-state index in [1.807, 2.05) is 12.4 Å². The molecule has 1 aromatic rings. The quantitative estimate of drug-likeness (QED) is 0.795. The molecule has 1 fully saturated rings. The fourth-order valence-electron chi connectivity index (χ4n) is 2.45. The van der Waals surface area contributed by atoms with Crippen LogP contribution in [0.5, 0.6) is 0 Å². The Labute approximate surface area is 91.3 Å². The van der Waals surface area contributed by atoms with Gasteiger partial charge in [-0.1, -0.05) is 6.92 Å². The Kier molecular flexibility index (Phi) is 3.03. The lowest BCUT2D eigenvalue weighted by Crippen LogP contribution is -2.32. The highest BCUT2D eigenvalue weighted by molar-refractivity contribution is 5.27. The zero-order chi connectivity index (χ0) is 10.8. The number of nitrogens with two attached hydrogens (primary N) is 1. The summed E-state index contributed by atoms with van der Waals surface area (Å²) in [5.74, 6) is 0. The Morgan fingerprint density at radius 1 is 1.60 bits per heavy atom. The van der Waals surface area contributed by atoms with Crippen LogP contribution in [0.15, 0.2) is 18.5 Å². The van der Waals surface area contributed by atoms with Gasteiger partial charge in [0.25, 0.3) is 0 Å². The second-order valence-corrected chi connectivity index (χ2v) is 4.26. The van der Waals surface area contributed by atoms with E-state index < -0.39 is 0 Å². The first-order valence-corrected chi connectivity index (χ1v) is 5.64. The second-order valence-electron chi connectivity index (χ2n) is 4.26. The summed E-state index contributed by atoms with van der Waals surface area (Å²) < 4.78 is 0. The van der Waals surface area contributed by atoms with Crippen molar-refractivity contribution >= 4 is 0 Å². The van der Waals surface area contributed by atoms with Crippen LogP contribution in [0.2, 0.25) is 0 Å². The zero-order valence-electron chi connectivity index (χ0n) is 9.48. The number of rotatable bonds is 2. The molecule has 1 saturated heterocycles. The van der Waals surface area contributed by atoms with Gasteiger partial charge in [0.2, 0.25) is 0 Å². The molecule has 0 spiro atoms. The Balaban J connectivity index is 2.32. The lowest BCUT2D eigenvalue weighted by molar-refractivity contribution is 0.260. The monoisotopic (exact) mass is 205 g/mol. The molecule has 0 saturated carbocycles. The Bertz CT molecular complexity index is 337. The first kappa shape index (κ1) is 10.6. The van der Waals surface area contributed by atoms with Crippen LogP contribution in [0.25, 0.3) is 0 Å². The first-order chi connectivity index (χ1) is 7.24. The van der Waals surface area contributed by atoms with Crippen molar-refractivity contribution in [2.45, 2.75) is 32.4 Å². The molecule has 2 heterocycles. The zero-order valence-corrected chi connectivity index (χ0v) is 9.48. The fourth-order valence-corrected chi connectivity index (χ4v) is 2.45. The van der Waals surface area contributed by atoms with Crippen LogP contribution in [-0.2, 0) is 0 Å². The normalized spacial score (nSPS) is 27.1. The van der Waals surface area contributed by atoms with Crippen LogP contribution in [0, 0.1) is 6.92 Å². The molecule has 2 atom stereocenters. The summed E-state index contributed by atoms with van der Waals surface area (Å²) in [6, 6.07) is 2.69. The molecule has 15 heavy (non-hydrogen) atoms. The van der Waals surface area contributed by atoms with Crippen molar-refractivity contribution in [2.24, 2.45) is 5.73 Å². The van der Waals surface area contributed by atoms with E-state index >= 15 is 0 Å². The highest BCUT2D eigenvalue weighted by Gasteiger charge is 2.32. The Morgan fingerprint density at radius 3 is 3.07 bits per heavy atom. The average molecular weight is 205 g/mol. The first-order valence-electron chi connectivity index (χ1n) is 5.64. The number of pyridine rings is 1. The summed E-state index contributed by atoms with van der Waals surface area (Å²) >= 11 is 0. The topological polar surface area (TPSA) is 42.1 Å². The molecule has 82 valence electrons. The van der Waals surface area contributed by atoms with Crippen molar-refractivity contribution in [2.75, 3.05) is 13.1 Å². The van der Waals surface area contributed by atoms with E-state index in [1.165, 1.54) is 11.1 Å². The van der Waals surface area contributed by atoms with E-state index in [9.17, 15) is 0 Å². The standard InChI is InChI=1S/C12H19N3/c1-3-15-7-5-11(13)12(15)10-8-14-6-4-9(10)2/h4,6,8,11-12H,3,5,7,13H2,1-2H3. The number of hydrogen-bond donors (Lipinski definition) is 1. The number of hydrogen-bond acceptors (Lipinski definition) is 3. The van der Waals surface area contributed by atoms with Gasteiger partial charge in [0.15, 0.2) is 0 Å². The highest BCUT2D eigenvalue weighted by Crippen LogP contribution is 2.31. The van der Waals surface area contributed by atoms with Gasteiger partial charge >= 0.3 is 0 Å². The van der Waals surface area contributed by atoms with E-state index in [4.69, 9.17) is 5.73 Å². The summed E-state index contributed by atoms with van der Waals surface area (Å²) in [5, 5.41) is 0. The summed E-state index contributed by atoms with van der Waals surface area (Å²) in [6.07, 6.45) is 4.90. The molecule has 1 aliphatic rings. The van der Waals surface area contributed by atoms with Gasteiger partial charge in [-0.2, -0.15) is 0 Å². The Morgan fingerprint density at radius 2 is 2.40 bits per heavy atom. The molecule has 0 radical (unpaired) electrons. The SMILES string of the molecule is CCN1CCC(N)C1c1cnccc1C. The predicted molar refractivity (Wildman–Crippen MR) is 61.6 cm³/mol. The van der Waals surface area contributed by atoms with Crippen LogP contribution in [0.1, 0.15) is 30.5 Å². The Hall–Kier alpha value is -0.930. The number of likely N-dealkylation sites (N-methyl/N-ethyl adjacent to an activating group) is 1. The molecular weight excluding hydrogens is 186 g/mol. The molecule has 2 rings (SSSR count). The van der Waals surface area contributed by atoms with Gasteiger partial charge in [0.05, 0.1) is 6.04 Å². The number of nitrogens with zero attached hydrogens (tertiary/aromatic N) is 2. The van der Waals surface area contributed by atoms with Gasteiger partial charge in [-0.05, 0) is 37.1 Å². The third-order valence-electron chi connectivity index (χ3n) is 3.35. The van der Waals surface area contributed by atoms with E-state index in [2.05, 4.69) is 29.8 Å². The minimum absolute atomic E-state index is 0.257. The van der Waals surface area contributed by atoms with E-state index in [1.54, 1.807) is 0 Å². The maximum Gasteiger partial charge on any atom is 0.0517 e. The lowest BCUT2D eigenvalue weighted by Gasteiger charge is -2.26. The van der Waals surface area contributed by atoms with E-state index in [0.717, 1.165) is 19.5 Å². The molecule has 1 aliphatic heterocycles. The molecule has 0 aromatic carbocycles. The second kappa shape index (κ2) is 4.29. The summed E-state index contributed by atoms with van der Waals surface area (Å²) in [4.78, 5) is 6.65. The maximum atomic E-state index is 6.18. The van der Waals surface area contributed by atoms with Gasteiger partial charge < -0.3 is 5.73 Å². The van der Waals surface area contributed by atoms with Gasteiger partial charge in [0, 0.05) is 25.0 Å².